The van der Waals surface area contributed by atoms with Gasteiger partial charge in [0.2, 0.25) is 5.91 Å². The first-order chi connectivity index (χ1) is 8.58. The van der Waals surface area contributed by atoms with Crippen LogP contribution in [0.4, 0.5) is 5.69 Å². The molecule has 0 fully saturated rings. The molecule has 1 amide bonds. The van der Waals surface area contributed by atoms with E-state index in [1.165, 1.54) is 0 Å². The molecule has 0 unspecified atom stereocenters. The van der Waals surface area contributed by atoms with Gasteiger partial charge in [0.05, 0.1) is 28.9 Å². The molecule has 1 aromatic rings. The van der Waals surface area contributed by atoms with Gasteiger partial charge in [-0.2, -0.15) is 0 Å². The van der Waals surface area contributed by atoms with Crippen LogP contribution in [0.2, 0.25) is 10.0 Å². The Morgan fingerprint density at radius 3 is 2.78 bits per heavy atom. The minimum Gasteiger partial charge on any atom is -0.395 e. The zero-order valence-corrected chi connectivity index (χ0v) is 11.6. The van der Waals surface area contributed by atoms with Gasteiger partial charge in [0.25, 0.3) is 0 Å². The van der Waals surface area contributed by atoms with E-state index in [1.54, 1.807) is 18.2 Å². The predicted octanol–water partition coefficient (Wildman–Crippen LogP) is 2.29. The van der Waals surface area contributed by atoms with Crippen molar-refractivity contribution in [3.8, 4) is 0 Å². The highest BCUT2D eigenvalue weighted by Crippen LogP contribution is 2.29. The normalized spacial score (nSPS) is 12.2. The number of amides is 1. The van der Waals surface area contributed by atoms with Crippen molar-refractivity contribution in [3.63, 3.8) is 0 Å². The molecule has 0 aliphatic rings. The molecule has 0 aliphatic carbocycles. The summed E-state index contributed by atoms with van der Waals surface area (Å²) in [6.07, 6.45) is 0.752. The summed E-state index contributed by atoms with van der Waals surface area (Å²) in [6.45, 7) is 2.04. The number of aliphatic hydroxyl groups excluding tert-OH is 1. The van der Waals surface area contributed by atoms with Gasteiger partial charge in [0, 0.05) is 6.04 Å². The van der Waals surface area contributed by atoms with Crippen molar-refractivity contribution >= 4 is 34.8 Å². The molecular weight excluding hydrogens is 275 g/mol. The summed E-state index contributed by atoms with van der Waals surface area (Å²) in [4.78, 5) is 11.7. The minimum absolute atomic E-state index is 0.00169. The number of benzene rings is 1. The number of aliphatic hydroxyl groups is 1. The molecule has 1 aromatic carbocycles. The minimum atomic E-state index is -0.230. The van der Waals surface area contributed by atoms with E-state index in [9.17, 15) is 4.79 Å². The van der Waals surface area contributed by atoms with E-state index in [4.69, 9.17) is 28.3 Å². The molecule has 18 heavy (non-hydrogen) atoms. The predicted molar refractivity (Wildman–Crippen MR) is 74.3 cm³/mol. The van der Waals surface area contributed by atoms with Gasteiger partial charge in [-0.1, -0.05) is 36.2 Å². The van der Waals surface area contributed by atoms with Gasteiger partial charge >= 0.3 is 0 Å². The fourth-order valence-electron chi connectivity index (χ4n) is 1.37. The van der Waals surface area contributed by atoms with E-state index in [-0.39, 0.29) is 25.1 Å². The highest BCUT2D eigenvalue weighted by atomic mass is 35.5. The third kappa shape index (κ3) is 4.46. The maximum absolute atomic E-state index is 11.7. The Morgan fingerprint density at radius 1 is 1.44 bits per heavy atom. The van der Waals surface area contributed by atoms with Gasteiger partial charge < -0.3 is 15.7 Å². The van der Waals surface area contributed by atoms with E-state index in [1.807, 2.05) is 6.92 Å². The molecule has 0 radical (unpaired) electrons. The third-order valence-corrected chi connectivity index (χ3v) is 3.31. The SMILES string of the molecule is CC[C@H](CO)NCC(=O)Nc1cccc(Cl)c1Cl. The number of nitrogens with one attached hydrogen (secondary N) is 2. The second kappa shape index (κ2) is 7.59. The van der Waals surface area contributed by atoms with E-state index in [0.717, 1.165) is 6.42 Å². The Balaban J connectivity index is 2.52. The number of hydrogen-bond acceptors (Lipinski definition) is 3. The Kier molecular flexibility index (Phi) is 6.43. The van der Waals surface area contributed by atoms with Crippen molar-refractivity contribution in [1.29, 1.82) is 0 Å². The molecule has 0 heterocycles. The number of rotatable bonds is 6. The molecule has 100 valence electrons. The lowest BCUT2D eigenvalue weighted by atomic mass is 10.2. The van der Waals surface area contributed by atoms with Crippen LogP contribution in [0, 0.1) is 0 Å². The molecule has 0 aromatic heterocycles. The first-order valence-corrected chi connectivity index (χ1v) is 6.42. The summed E-state index contributed by atoms with van der Waals surface area (Å²) in [5.74, 6) is -0.230. The van der Waals surface area contributed by atoms with E-state index >= 15 is 0 Å². The molecule has 6 heteroatoms. The Labute approximate surface area is 116 Å². The smallest absolute Gasteiger partial charge is 0.238 e. The molecule has 1 atom stereocenters. The van der Waals surface area contributed by atoms with Gasteiger partial charge in [0.1, 0.15) is 0 Å². The Hall–Kier alpha value is -0.810. The molecule has 1 rings (SSSR count). The van der Waals surface area contributed by atoms with E-state index in [2.05, 4.69) is 10.6 Å². The standard InChI is InChI=1S/C12H16Cl2N2O2/c1-2-8(7-17)15-6-11(18)16-10-5-3-4-9(13)12(10)14/h3-5,8,15,17H,2,6-7H2,1H3,(H,16,18)/t8-/m1/s1. The maximum atomic E-state index is 11.7. The van der Waals surface area contributed by atoms with Gasteiger partial charge in [-0.3, -0.25) is 4.79 Å². The highest BCUT2D eigenvalue weighted by molar-refractivity contribution is 6.43. The van der Waals surface area contributed by atoms with Crippen LogP contribution in [-0.4, -0.2) is 30.2 Å². The summed E-state index contributed by atoms with van der Waals surface area (Å²) in [5, 5.41) is 15.3. The zero-order valence-electron chi connectivity index (χ0n) is 10.0. The van der Waals surface area contributed by atoms with E-state index in [0.29, 0.717) is 15.7 Å². The highest BCUT2D eigenvalue weighted by Gasteiger charge is 2.10. The topological polar surface area (TPSA) is 61.4 Å². The van der Waals surface area contributed by atoms with Gasteiger partial charge in [-0.05, 0) is 18.6 Å². The molecular formula is C12H16Cl2N2O2. The fraction of sp³-hybridized carbons (Fsp3) is 0.417. The van der Waals surface area contributed by atoms with Gasteiger partial charge in [-0.25, -0.2) is 0 Å². The summed E-state index contributed by atoms with van der Waals surface area (Å²) in [5.41, 5.74) is 0.480. The quantitative estimate of drug-likeness (QED) is 0.753. The largest absolute Gasteiger partial charge is 0.395 e. The van der Waals surface area contributed by atoms with Crippen molar-refractivity contribution in [2.24, 2.45) is 0 Å². The molecule has 0 bridgehead atoms. The second-order valence-electron chi connectivity index (χ2n) is 3.82. The summed E-state index contributed by atoms with van der Waals surface area (Å²) >= 11 is 11.8. The molecule has 0 saturated carbocycles. The van der Waals surface area contributed by atoms with Crippen molar-refractivity contribution in [1.82, 2.24) is 5.32 Å². The lowest BCUT2D eigenvalue weighted by Crippen LogP contribution is -2.37. The molecule has 3 N–H and O–H groups in total. The first kappa shape index (κ1) is 15.2. The van der Waals surface area contributed by atoms with Crippen LogP contribution in [0.25, 0.3) is 0 Å². The average molecular weight is 291 g/mol. The number of anilines is 1. The fourth-order valence-corrected chi connectivity index (χ4v) is 1.72. The number of hydrogen-bond donors (Lipinski definition) is 3. The number of carbonyl (C=O) groups is 1. The first-order valence-electron chi connectivity index (χ1n) is 5.66. The van der Waals surface area contributed by atoms with Crippen LogP contribution < -0.4 is 10.6 Å². The van der Waals surface area contributed by atoms with Gasteiger partial charge in [-0.15, -0.1) is 0 Å². The third-order valence-electron chi connectivity index (χ3n) is 2.49. The monoisotopic (exact) mass is 290 g/mol. The molecule has 0 saturated heterocycles. The van der Waals surface area contributed by atoms with Crippen LogP contribution in [0.5, 0.6) is 0 Å². The zero-order chi connectivity index (χ0) is 13.5. The Bertz CT molecular complexity index is 409. The molecule has 0 spiro atoms. The van der Waals surface area contributed by atoms with Crippen LogP contribution in [0.1, 0.15) is 13.3 Å². The number of halogens is 2. The van der Waals surface area contributed by atoms with Crippen LogP contribution in [-0.2, 0) is 4.79 Å². The van der Waals surface area contributed by atoms with E-state index < -0.39 is 0 Å². The molecule has 0 aliphatic heterocycles. The summed E-state index contributed by atoms with van der Waals surface area (Å²) in [6, 6.07) is 4.96. The van der Waals surface area contributed by atoms with Gasteiger partial charge in [0.15, 0.2) is 0 Å². The van der Waals surface area contributed by atoms with Crippen LogP contribution >= 0.6 is 23.2 Å². The molecule has 4 nitrogen and oxygen atoms in total. The van der Waals surface area contributed by atoms with Crippen LogP contribution in [0.3, 0.4) is 0 Å². The lowest BCUT2D eigenvalue weighted by Gasteiger charge is -2.14. The lowest BCUT2D eigenvalue weighted by molar-refractivity contribution is -0.115. The summed E-state index contributed by atoms with van der Waals surface area (Å²) < 4.78 is 0. The van der Waals surface area contributed by atoms with Crippen molar-refractivity contribution in [3.05, 3.63) is 28.2 Å². The second-order valence-corrected chi connectivity index (χ2v) is 4.60. The summed E-state index contributed by atoms with van der Waals surface area (Å²) in [7, 11) is 0. The van der Waals surface area contributed by atoms with Crippen LogP contribution in [0.15, 0.2) is 18.2 Å². The average Bonchev–Trinajstić information content (AvgIpc) is 2.36. The maximum Gasteiger partial charge on any atom is 0.238 e. The number of carbonyl (C=O) groups excluding carboxylic acids is 1. The van der Waals surface area contributed by atoms with Crippen molar-refractivity contribution < 1.29 is 9.90 Å². The van der Waals surface area contributed by atoms with Crippen molar-refractivity contribution in [2.75, 3.05) is 18.5 Å². The van der Waals surface area contributed by atoms with Crippen molar-refractivity contribution in [2.45, 2.75) is 19.4 Å². The Morgan fingerprint density at radius 2 is 2.17 bits per heavy atom.